The first-order valence-corrected chi connectivity index (χ1v) is 5.95. The van der Waals surface area contributed by atoms with Crippen LogP contribution in [0, 0.1) is 0 Å². The van der Waals surface area contributed by atoms with Crippen LogP contribution in [0.4, 0.5) is 0 Å². The number of hydrogen-bond donors (Lipinski definition) is 0. The van der Waals surface area contributed by atoms with Crippen LogP contribution in [0.25, 0.3) is 0 Å². The lowest BCUT2D eigenvalue weighted by atomic mass is 10.1. The van der Waals surface area contributed by atoms with Crippen molar-refractivity contribution < 1.29 is 9.53 Å². The Morgan fingerprint density at radius 2 is 2.00 bits per heavy atom. The minimum Gasteiger partial charge on any atom is -0.462 e. The molecule has 0 saturated carbocycles. The third kappa shape index (κ3) is 4.96. The topological polar surface area (TPSA) is 26.3 Å². The molecule has 0 saturated heterocycles. The highest BCUT2D eigenvalue weighted by atomic mass is 16.5. The zero-order valence-corrected chi connectivity index (χ0v) is 10.1. The third-order valence-electron chi connectivity index (χ3n) is 2.49. The molecular formula is C14H20O2. The molecule has 1 unspecified atom stereocenters. The summed E-state index contributed by atoms with van der Waals surface area (Å²) in [6.07, 6.45) is 3.62. The van der Waals surface area contributed by atoms with E-state index in [2.05, 4.69) is 6.92 Å². The van der Waals surface area contributed by atoms with Crippen molar-refractivity contribution in [1.29, 1.82) is 0 Å². The molecule has 0 aliphatic heterocycles. The molecule has 88 valence electrons. The number of carbonyl (C=O) groups is 1. The Labute approximate surface area is 97.6 Å². The van der Waals surface area contributed by atoms with Crippen molar-refractivity contribution in [2.24, 2.45) is 0 Å². The van der Waals surface area contributed by atoms with E-state index in [1.165, 1.54) is 0 Å². The number of esters is 1. The quantitative estimate of drug-likeness (QED) is 0.687. The van der Waals surface area contributed by atoms with Crippen LogP contribution in [0.2, 0.25) is 0 Å². The Balaban J connectivity index is 2.31. The number of rotatable bonds is 6. The van der Waals surface area contributed by atoms with E-state index < -0.39 is 0 Å². The SMILES string of the molecule is CCCCC(C)OC(=O)Cc1ccccc1. The average Bonchev–Trinajstić information content (AvgIpc) is 2.27. The van der Waals surface area contributed by atoms with E-state index in [0.29, 0.717) is 6.42 Å². The van der Waals surface area contributed by atoms with Gasteiger partial charge in [0.25, 0.3) is 0 Å². The lowest BCUT2D eigenvalue weighted by molar-refractivity contribution is -0.147. The van der Waals surface area contributed by atoms with Crippen LogP contribution >= 0.6 is 0 Å². The number of carbonyl (C=O) groups excluding carboxylic acids is 1. The summed E-state index contributed by atoms with van der Waals surface area (Å²) in [5.41, 5.74) is 1.01. The standard InChI is InChI=1S/C14H20O2/c1-3-4-8-12(2)16-14(15)11-13-9-6-5-7-10-13/h5-7,9-10,12H,3-4,8,11H2,1-2H3. The van der Waals surface area contributed by atoms with Crippen LogP contribution < -0.4 is 0 Å². The van der Waals surface area contributed by atoms with Gasteiger partial charge in [-0.2, -0.15) is 0 Å². The molecule has 2 nitrogen and oxygen atoms in total. The predicted molar refractivity (Wildman–Crippen MR) is 65.2 cm³/mol. The van der Waals surface area contributed by atoms with Crippen LogP contribution in [0.1, 0.15) is 38.7 Å². The molecule has 1 aromatic rings. The van der Waals surface area contributed by atoms with Crippen LogP contribution in [0.15, 0.2) is 30.3 Å². The molecule has 0 fully saturated rings. The van der Waals surface area contributed by atoms with Gasteiger partial charge in [-0.25, -0.2) is 0 Å². The molecule has 0 spiro atoms. The Hall–Kier alpha value is -1.31. The fraction of sp³-hybridized carbons (Fsp3) is 0.500. The fourth-order valence-electron chi connectivity index (χ4n) is 1.58. The van der Waals surface area contributed by atoms with Crippen molar-refractivity contribution in [3.05, 3.63) is 35.9 Å². The van der Waals surface area contributed by atoms with Crippen molar-refractivity contribution in [2.75, 3.05) is 0 Å². The van der Waals surface area contributed by atoms with E-state index in [-0.39, 0.29) is 12.1 Å². The number of ether oxygens (including phenoxy) is 1. The molecule has 0 bridgehead atoms. The smallest absolute Gasteiger partial charge is 0.310 e. The van der Waals surface area contributed by atoms with Crippen molar-refractivity contribution in [1.82, 2.24) is 0 Å². The van der Waals surface area contributed by atoms with Gasteiger partial charge in [0, 0.05) is 0 Å². The van der Waals surface area contributed by atoms with Gasteiger partial charge < -0.3 is 4.74 Å². The normalized spacial score (nSPS) is 12.1. The van der Waals surface area contributed by atoms with Gasteiger partial charge in [-0.05, 0) is 18.9 Å². The van der Waals surface area contributed by atoms with E-state index in [1.807, 2.05) is 37.3 Å². The second-order valence-corrected chi connectivity index (χ2v) is 4.11. The largest absolute Gasteiger partial charge is 0.462 e. The van der Waals surface area contributed by atoms with Crippen molar-refractivity contribution in [3.63, 3.8) is 0 Å². The second kappa shape index (κ2) is 7.04. The number of benzene rings is 1. The monoisotopic (exact) mass is 220 g/mol. The summed E-state index contributed by atoms with van der Waals surface area (Å²) in [6.45, 7) is 4.09. The van der Waals surface area contributed by atoms with E-state index >= 15 is 0 Å². The van der Waals surface area contributed by atoms with Gasteiger partial charge in [0.2, 0.25) is 0 Å². The molecule has 1 atom stereocenters. The maximum absolute atomic E-state index is 11.6. The van der Waals surface area contributed by atoms with Gasteiger partial charge in [0.1, 0.15) is 0 Å². The van der Waals surface area contributed by atoms with E-state index in [0.717, 1.165) is 24.8 Å². The van der Waals surface area contributed by atoms with Crippen molar-refractivity contribution >= 4 is 5.97 Å². The van der Waals surface area contributed by atoms with Crippen LogP contribution in [-0.2, 0) is 16.0 Å². The molecule has 1 rings (SSSR count). The second-order valence-electron chi connectivity index (χ2n) is 4.11. The van der Waals surface area contributed by atoms with Gasteiger partial charge in [0.15, 0.2) is 0 Å². The molecule has 0 aromatic heterocycles. The Bertz CT molecular complexity index is 306. The minimum absolute atomic E-state index is 0.0381. The summed E-state index contributed by atoms with van der Waals surface area (Å²) < 4.78 is 5.32. The first-order valence-electron chi connectivity index (χ1n) is 5.95. The molecule has 0 N–H and O–H groups in total. The van der Waals surface area contributed by atoms with Crippen molar-refractivity contribution in [3.8, 4) is 0 Å². The summed E-state index contributed by atoms with van der Waals surface area (Å²) in [5, 5.41) is 0. The highest BCUT2D eigenvalue weighted by Crippen LogP contribution is 2.07. The van der Waals surface area contributed by atoms with E-state index in [4.69, 9.17) is 4.74 Å². The van der Waals surface area contributed by atoms with Gasteiger partial charge >= 0.3 is 5.97 Å². The first-order chi connectivity index (χ1) is 7.72. The summed E-state index contributed by atoms with van der Waals surface area (Å²) in [7, 11) is 0. The van der Waals surface area contributed by atoms with E-state index in [9.17, 15) is 4.79 Å². The molecule has 0 amide bonds. The summed E-state index contributed by atoms with van der Waals surface area (Å²) in [5.74, 6) is -0.130. The maximum atomic E-state index is 11.6. The Kier molecular flexibility index (Phi) is 5.62. The molecule has 0 heterocycles. The minimum atomic E-state index is -0.130. The molecule has 16 heavy (non-hydrogen) atoms. The highest BCUT2D eigenvalue weighted by molar-refractivity contribution is 5.72. The number of unbranched alkanes of at least 4 members (excludes halogenated alkanes) is 1. The molecule has 0 radical (unpaired) electrons. The van der Waals surface area contributed by atoms with E-state index in [1.54, 1.807) is 0 Å². The van der Waals surface area contributed by atoms with Crippen LogP contribution in [0.3, 0.4) is 0 Å². The number of hydrogen-bond acceptors (Lipinski definition) is 2. The molecule has 0 aliphatic carbocycles. The lowest BCUT2D eigenvalue weighted by Gasteiger charge is -2.12. The first kappa shape index (κ1) is 12.8. The lowest BCUT2D eigenvalue weighted by Crippen LogP contribution is -2.16. The highest BCUT2D eigenvalue weighted by Gasteiger charge is 2.09. The van der Waals surface area contributed by atoms with Gasteiger partial charge in [-0.1, -0.05) is 50.1 Å². The zero-order valence-electron chi connectivity index (χ0n) is 10.1. The zero-order chi connectivity index (χ0) is 11.8. The average molecular weight is 220 g/mol. The summed E-state index contributed by atoms with van der Waals surface area (Å²) in [6, 6.07) is 9.70. The fourth-order valence-corrected chi connectivity index (χ4v) is 1.58. The van der Waals surface area contributed by atoms with Gasteiger partial charge in [-0.15, -0.1) is 0 Å². The Morgan fingerprint density at radius 1 is 1.31 bits per heavy atom. The van der Waals surface area contributed by atoms with Gasteiger partial charge in [-0.3, -0.25) is 4.79 Å². The summed E-state index contributed by atoms with van der Waals surface area (Å²) >= 11 is 0. The van der Waals surface area contributed by atoms with Gasteiger partial charge in [0.05, 0.1) is 12.5 Å². The summed E-state index contributed by atoms with van der Waals surface area (Å²) in [4.78, 5) is 11.6. The molecule has 1 aromatic carbocycles. The molecular weight excluding hydrogens is 200 g/mol. The van der Waals surface area contributed by atoms with Crippen LogP contribution in [0.5, 0.6) is 0 Å². The van der Waals surface area contributed by atoms with Crippen molar-refractivity contribution in [2.45, 2.75) is 45.6 Å². The maximum Gasteiger partial charge on any atom is 0.310 e. The Morgan fingerprint density at radius 3 is 2.62 bits per heavy atom. The third-order valence-corrected chi connectivity index (χ3v) is 2.49. The molecule has 2 heteroatoms. The predicted octanol–water partition coefficient (Wildman–Crippen LogP) is 3.35. The van der Waals surface area contributed by atoms with Crippen LogP contribution in [-0.4, -0.2) is 12.1 Å². The molecule has 0 aliphatic rings.